The molecule has 1 atom stereocenters. The molecular weight excluding hydrogens is 412 g/mol. The van der Waals surface area contributed by atoms with Crippen molar-refractivity contribution in [2.45, 2.75) is 37.1 Å². The van der Waals surface area contributed by atoms with Crippen molar-refractivity contribution in [2.75, 3.05) is 31.1 Å². The van der Waals surface area contributed by atoms with Gasteiger partial charge in [-0.1, -0.05) is 30.3 Å². The van der Waals surface area contributed by atoms with E-state index in [2.05, 4.69) is 17.5 Å². The third kappa shape index (κ3) is 3.85. The zero-order chi connectivity index (χ0) is 22.8. The van der Waals surface area contributed by atoms with Crippen LogP contribution in [-0.2, 0) is 12.5 Å². The number of nitrogens with one attached hydrogen (secondary N) is 1. The van der Waals surface area contributed by atoms with Crippen LogP contribution < -0.4 is 10.2 Å². The Morgan fingerprint density at radius 1 is 1.21 bits per heavy atom. The highest BCUT2D eigenvalue weighted by atomic mass is 16.2. The molecule has 7 heteroatoms. The maximum atomic E-state index is 14.0. The Balaban J connectivity index is 1.45. The Bertz CT molecular complexity index is 1170. The molecule has 0 radical (unpaired) electrons. The Labute approximate surface area is 194 Å². The van der Waals surface area contributed by atoms with Crippen molar-refractivity contribution >= 4 is 22.8 Å². The molecule has 33 heavy (non-hydrogen) atoms. The fraction of sp³-hybridized carbons (Fsp3) is 0.423. The highest BCUT2D eigenvalue weighted by Crippen LogP contribution is 2.36. The van der Waals surface area contributed by atoms with Crippen LogP contribution >= 0.6 is 0 Å². The van der Waals surface area contributed by atoms with Gasteiger partial charge in [-0.2, -0.15) is 5.26 Å². The van der Waals surface area contributed by atoms with E-state index < -0.39 is 5.41 Å². The molecule has 0 bridgehead atoms. The van der Waals surface area contributed by atoms with E-state index in [-0.39, 0.29) is 12.1 Å². The molecule has 2 aromatic heterocycles. The van der Waals surface area contributed by atoms with Gasteiger partial charge in [-0.3, -0.25) is 4.90 Å². The molecule has 0 aliphatic carbocycles. The van der Waals surface area contributed by atoms with Gasteiger partial charge in [-0.25, -0.2) is 9.78 Å². The first kappa shape index (κ1) is 21.5. The minimum Gasteiger partial charge on any atom is -0.348 e. The number of rotatable bonds is 3. The average Bonchev–Trinajstić information content (AvgIpc) is 3.27. The monoisotopic (exact) mass is 442 g/mol. The number of carbonyl (C=O) groups is 1. The van der Waals surface area contributed by atoms with Gasteiger partial charge in [0, 0.05) is 44.5 Å². The first-order valence-corrected chi connectivity index (χ1v) is 11.8. The minimum absolute atomic E-state index is 0.00972. The number of pyridine rings is 1. The molecule has 0 saturated carbocycles. The fourth-order valence-corrected chi connectivity index (χ4v) is 5.32. The number of fused-ring (bicyclic) bond motifs is 1. The molecule has 0 unspecified atom stereocenters. The number of nitrogens with zero attached hydrogens (tertiary/aromatic N) is 5. The number of hydrogen-bond acceptors (Lipinski definition) is 4. The lowest BCUT2D eigenvalue weighted by Crippen LogP contribution is -2.56. The predicted octanol–water partition coefficient (Wildman–Crippen LogP) is 3.81. The Hall–Kier alpha value is -3.37. The van der Waals surface area contributed by atoms with Gasteiger partial charge in [-0.15, -0.1) is 0 Å². The van der Waals surface area contributed by atoms with Gasteiger partial charge in [0.1, 0.15) is 0 Å². The van der Waals surface area contributed by atoms with Crippen LogP contribution in [0.25, 0.3) is 10.9 Å². The molecule has 1 N–H and O–H groups in total. The summed E-state index contributed by atoms with van der Waals surface area (Å²) in [4.78, 5) is 22.5. The van der Waals surface area contributed by atoms with Gasteiger partial charge in [-0.05, 0) is 49.9 Å². The third-order valence-corrected chi connectivity index (χ3v) is 7.26. The Morgan fingerprint density at radius 2 is 2.00 bits per heavy atom. The number of amides is 2. The summed E-state index contributed by atoms with van der Waals surface area (Å²) in [5.74, 6) is 0.721. The number of piperidine rings is 2. The normalized spacial score (nSPS) is 20.4. The van der Waals surface area contributed by atoms with E-state index in [0.29, 0.717) is 25.9 Å². The SMILES string of the molecule is Cn1ccc2ccnc(N(C(=O)N3CCC(C#N)(c4ccccc4)CC3)[C@@H]3CCCNC3)c21. The van der Waals surface area contributed by atoms with E-state index in [9.17, 15) is 10.1 Å². The van der Waals surface area contributed by atoms with Gasteiger partial charge in [0.2, 0.25) is 0 Å². The summed E-state index contributed by atoms with van der Waals surface area (Å²) in [7, 11) is 2.00. The summed E-state index contributed by atoms with van der Waals surface area (Å²) in [6.07, 6.45) is 7.06. The Kier molecular flexibility index (Phi) is 5.77. The second kappa shape index (κ2) is 8.87. The van der Waals surface area contributed by atoms with Crippen LogP contribution in [0.5, 0.6) is 0 Å². The van der Waals surface area contributed by atoms with Crippen LogP contribution in [0.1, 0.15) is 31.2 Å². The zero-order valence-electron chi connectivity index (χ0n) is 19.1. The van der Waals surface area contributed by atoms with Crippen LogP contribution in [0.4, 0.5) is 10.6 Å². The van der Waals surface area contributed by atoms with Crippen molar-refractivity contribution < 1.29 is 4.79 Å². The zero-order valence-corrected chi connectivity index (χ0v) is 19.1. The number of urea groups is 1. The summed E-state index contributed by atoms with van der Waals surface area (Å²) in [5.41, 5.74) is 1.48. The van der Waals surface area contributed by atoms with Crippen LogP contribution in [-0.4, -0.2) is 52.7 Å². The smallest absolute Gasteiger partial charge is 0.326 e. The fourth-order valence-electron chi connectivity index (χ4n) is 5.32. The molecular formula is C26H30N6O. The van der Waals surface area contributed by atoms with E-state index in [1.54, 1.807) is 6.20 Å². The van der Waals surface area contributed by atoms with E-state index >= 15 is 0 Å². The van der Waals surface area contributed by atoms with Crippen LogP contribution in [0, 0.1) is 11.3 Å². The average molecular weight is 443 g/mol. The summed E-state index contributed by atoms with van der Waals surface area (Å²) >= 11 is 0. The van der Waals surface area contributed by atoms with Gasteiger partial charge in [0.05, 0.1) is 23.0 Å². The first-order chi connectivity index (χ1) is 16.1. The minimum atomic E-state index is -0.536. The predicted molar refractivity (Wildman–Crippen MR) is 129 cm³/mol. The molecule has 2 fully saturated rings. The lowest BCUT2D eigenvalue weighted by Gasteiger charge is -2.42. The van der Waals surface area contributed by atoms with Gasteiger partial charge >= 0.3 is 6.03 Å². The number of aryl methyl sites for hydroxylation is 1. The first-order valence-electron chi connectivity index (χ1n) is 11.8. The molecule has 3 aromatic rings. The maximum Gasteiger partial charge on any atom is 0.326 e. The summed E-state index contributed by atoms with van der Waals surface area (Å²) in [6, 6.07) is 16.7. The van der Waals surface area contributed by atoms with E-state index in [0.717, 1.165) is 48.2 Å². The number of nitriles is 1. The van der Waals surface area contributed by atoms with Crippen molar-refractivity contribution in [1.82, 2.24) is 19.8 Å². The van der Waals surface area contributed by atoms with E-state index in [1.165, 1.54) is 0 Å². The Morgan fingerprint density at radius 3 is 2.70 bits per heavy atom. The van der Waals surface area contributed by atoms with Crippen LogP contribution in [0.2, 0.25) is 0 Å². The lowest BCUT2D eigenvalue weighted by atomic mass is 9.74. The van der Waals surface area contributed by atoms with Crippen molar-refractivity contribution in [1.29, 1.82) is 5.26 Å². The van der Waals surface area contributed by atoms with Crippen molar-refractivity contribution in [3.63, 3.8) is 0 Å². The molecule has 1 aromatic carbocycles. The number of aromatic nitrogens is 2. The molecule has 170 valence electrons. The van der Waals surface area contributed by atoms with Crippen LogP contribution in [0.3, 0.4) is 0 Å². The van der Waals surface area contributed by atoms with E-state index in [1.807, 2.05) is 64.0 Å². The summed E-state index contributed by atoms with van der Waals surface area (Å²) in [6.45, 7) is 2.85. The maximum absolute atomic E-state index is 14.0. The summed E-state index contributed by atoms with van der Waals surface area (Å²) < 4.78 is 2.04. The van der Waals surface area contributed by atoms with E-state index in [4.69, 9.17) is 4.98 Å². The second-order valence-corrected chi connectivity index (χ2v) is 9.20. The largest absolute Gasteiger partial charge is 0.348 e. The molecule has 5 rings (SSSR count). The molecule has 2 aliphatic rings. The van der Waals surface area contributed by atoms with Crippen molar-refractivity contribution in [3.8, 4) is 6.07 Å². The standard InChI is InChI=1S/C26H30N6O/c1-30-15-10-20-9-14-29-24(23(20)30)32(22-8-5-13-28-18-22)25(33)31-16-11-26(19-27,12-17-31)21-6-3-2-4-7-21/h2-4,6-7,9-10,14-15,22,28H,5,8,11-13,16-18H2,1H3/t22-/m1/s1. The number of likely N-dealkylation sites (tertiary alicyclic amines) is 1. The number of anilines is 1. The van der Waals surface area contributed by atoms with Gasteiger partial charge in [0.15, 0.2) is 5.82 Å². The molecule has 2 amide bonds. The number of carbonyl (C=O) groups excluding carboxylic acids is 1. The highest BCUT2D eigenvalue weighted by Gasteiger charge is 2.40. The highest BCUT2D eigenvalue weighted by molar-refractivity contribution is 6.00. The number of benzene rings is 1. The molecule has 0 spiro atoms. The third-order valence-electron chi connectivity index (χ3n) is 7.26. The molecule has 4 heterocycles. The van der Waals surface area contributed by atoms with Crippen LogP contribution in [0.15, 0.2) is 54.9 Å². The quantitative estimate of drug-likeness (QED) is 0.669. The van der Waals surface area contributed by atoms with Crippen molar-refractivity contribution in [2.24, 2.45) is 7.05 Å². The molecule has 2 aliphatic heterocycles. The molecule has 7 nitrogen and oxygen atoms in total. The van der Waals surface area contributed by atoms with Gasteiger partial charge < -0.3 is 14.8 Å². The second-order valence-electron chi connectivity index (χ2n) is 9.20. The summed E-state index contributed by atoms with van der Waals surface area (Å²) in [5, 5.41) is 14.6. The number of hydrogen-bond donors (Lipinski definition) is 1. The topological polar surface area (TPSA) is 77.2 Å². The lowest BCUT2D eigenvalue weighted by molar-refractivity contribution is 0.173. The van der Waals surface area contributed by atoms with Gasteiger partial charge in [0.25, 0.3) is 0 Å². The van der Waals surface area contributed by atoms with Crippen molar-refractivity contribution in [3.05, 3.63) is 60.4 Å². The molecule has 2 saturated heterocycles.